The Kier molecular flexibility index (Phi) is 4.98. The number of hydrogen-bond donors (Lipinski definition) is 1. The van der Waals surface area contributed by atoms with Crippen LogP contribution in [0.3, 0.4) is 0 Å². The van der Waals surface area contributed by atoms with E-state index in [4.69, 9.17) is 0 Å². The molecule has 0 atom stereocenters. The summed E-state index contributed by atoms with van der Waals surface area (Å²) in [5.41, 5.74) is 1.07. The monoisotopic (exact) mass is 365 g/mol. The molecular weight excluding hydrogens is 346 g/mol. The Morgan fingerprint density at radius 2 is 2.00 bits per heavy atom. The van der Waals surface area contributed by atoms with E-state index in [-0.39, 0.29) is 10.8 Å². The van der Waals surface area contributed by atoms with Crippen LogP contribution in [0, 0.1) is 6.92 Å². The van der Waals surface area contributed by atoms with Crippen LogP contribution >= 0.6 is 11.3 Å². The fraction of sp³-hybridized carbons (Fsp3) is 0.375. The Morgan fingerprint density at radius 3 is 2.67 bits per heavy atom. The summed E-state index contributed by atoms with van der Waals surface area (Å²) in [5.74, 6) is -0.349. The zero-order valence-corrected chi connectivity index (χ0v) is 15.0. The summed E-state index contributed by atoms with van der Waals surface area (Å²) < 4.78 is 27.1. The van der Waals surface area contributed by atoms with Crippen molar-refractivity contribution in [2.45, 2.75) is 31.1 Å². The minimum absolute atomic E-state index is 0.166. The molecule has 0 radical (unpaired) electrons. The number of sulfonamides is 1. The van der Waals surface area contributed by atoms with Crippen LogP contribution in [0.25, 0.3) is 0 Å². The van der Waals surface area contributed by atoms with Crippen LogP contribution in [0.5, 0.6) is 0 Å². The number of aryl methyl sites for hydroxylation is 1. The average molecular weight is 365 g/mol. The van der Waals surface area contributed by atoms with E-state index in [2.05, 4.69) is 10.3 Å². The molecular formula is C16H19N3O3S2. The highest BCUT2D eigenvalue weighted by molar-refractivity contribution is 7.89. The average Bonchev–Trinajstić information content (AvgIpc) is 3.08. The van der Waals surface area contributed by atoms with Crippen molar-refractivity contribution in [1.29, 1.82) is 0 Å². The number of benzene rings is 1. The zero-order valence-electron chi connectivity index (χ0n) is 13.4. The largest absolute Gasteiger partial charge is 0.298 e. The van der Waals surface area contributed by atoms with Gasteiger partial charge in [0.25, 0.3) is 5.91 Å². The van der Waals surface area contributed by atoms with Gasteiger partial charge in [0.05, 0.1) is 4.90 Å². The van der Waals surface area contributed by atoms with Gasteiger partial charge in [0.15, 0.2) is 5.13 Å². The van der Waals surface area contributed by atoms with Gasteiger partial charge in [-0.1, -0.05) is 12.5 Å². The van der Waals surface area contributed by atoms with Crippen molar-refractivity contribution >= 4 is 32.4 Å². The summed E-state index contributed by atoms with van der Waals surface area (Å²) in [4.78, 5) is 16.6. The maximum absolute atomic E-state index is 12.8. The Labute approximate surface area is 145 Å². The first-order valence-corrected chi connectivity index (χ1v) is 10.1. The summed E-state index contributed by atoms with van der Waals surface area (Å²) >= 11 is 1.31. The number of nitrogens with zero attached hydrogens (tertiary/aromatic N) is 2. The number of piperidine rings is 1. The second-order valence-electron chi connectivity index (χ2n) is 5.73. The van der Waals surface area contributed by atoms with E-state index in [0.29, 0.717) is 23.8 Å². The highest BCUT2D eigenvalue weighted by atomic mass is 32.2. The normalized spacial score (nSPS) is 16.0. The molecule has 6 nitrogen and oxygen atoms in total. The van der Waals surface area contributed by atoms with E-state index >= 15 is 0 Å². The van der Waals surface area contributed by atoms with Crippen LogP contribution in [-0.2, 0) is 10.0 Å². The van der Waals surface area contributed by atoms with Gasteiger partial charge in [-0.15, -0.1) is 11.3 Å². The lowest BCUT2D eigenvalue weighted by atomic mass is 10.1. The van der Waals surface area contributed by atoms with E-state index in [1.807, 2.05) is 0 Å². The van der Waals surface area contributed by atoms with Gasteiger partial charge in [-0.2, -0.15) is 4.31 Å². The summed E-state index contributed by atoms with van der Waals surface area (Å²) in [6.07, 6.45) is 4.41. The molecule has 1 saturated heterocycles. The summed E-state index contributed by atoms with van der Waals surface area (Å²) in [6.45, 7) is 2.86. The Hall–Kier alpha value is -1.77. The van der Waals surface area contributed by atoms with Gasteiger partial charge in [-0.05, 0) is 37.5 Å². The van der Waals surface area contributed by atoms with Crippen LogP contribution in [0.15, 0.2) is 34.7 Å². The van der Waals surface area contributed by atoms with E-state index in [9.17, 15) is 13.2 Å². The fourth-order valence-corrected chi connectivity index (χ4v) is 4.78. The molecule has 1 aromatic heterocycles. The Bertz CT molecular complexity index is 826. The summed E-state index contributed by atoms with van der Waals surface area (Å²) in [5, 5.41) is 4.95. The molecule has 128 valence electrons. The van der Waals surface area contributed by atoms with Crippen LogP contribution in [0.1, 0.15) is 35.2 Å². The van der Waals surface area contributed by atoms with Gasteiger partial charge < -0.3 is 0 Å². The first-order valence-electron chi connectivity index (χ1n) is 7.80. The molecule has 2 heterocycles. The molecule has 0 bridgehead atoms. The Balaban J connectivity index is 1.89. The van der Waals surface area contributed by atoms with Crippen molar-refractivity contribution in [1.82, 2.24) is 9.29 Å². The minimum atomic E-state index is -3.56. The minimum Gasteiger partial charge on any atom is -0.298 e. The highest BCUT2D eigenvalue weighted by Gasteiger charge is 2.27. The molecule has 8 heteroatoms. The van der Waals surface area contributed by atoms with E-state index in [0.717, 1.165) is 24.8 Å². The number of amides is 1. The summed E-state index contributed by atoms with van der Waals surface area (Å²) in [7, 11) is -3.56. The molecule has 2 aromatic rings. The highest BCUT2D eigenvalue weighted by Crippen LogP contribution is 2.23. The van der Waals surface area contributed by atoms with Gasteiger partial charge in [0.1, 0.15) is 0 Å². The predicted octanol–water partition coefficient (Wildman–Crippen LogP) is 2.88. The maximum Gasteiger partial charge on any atom is 0.257 e. The zero-order chi connectivity index (χ0) is 17.2. The molecule has 0 aliphatic carbocycles. The lowest BCUT2D eigenvalue weighted by molar-refractivity contribution is 0.102. The summed E-state index contributed by atoms with van der Waals surface area (Å²) in [6, 6.07) is 4.70. The Morgan fingerprint density at radius 1 is 1.25 bits per heavy atom. The van der Waals surface area contributed by atoms with Crippen LogP contribution < -0.4 is 5.32 Å². The van der Waals surface area contributed by atoms with Crippen LogP contribution in [0.4, 0.5) is 5.13 Å². The molecule has 0 saturated carbocycles. The number of rotatable bonds is 4. The van der Waals surface area contributed by atoms with E-state index in [1.165, 1.54) is 21.7 Å². The number of nitrogens with one attached hydrogen (secondary N) is 1. The molecule has 3 rings (SSSR count). The van der Waals surface area contributed by atoms with Crippen molar-refractivity contribution in [2.24, 2.45) is 0 Å². The SMILES string of the molecule is Cc1ccc(S(=O)(=O)N2CCCCC2)cc1C(=O)Nc1nccs1. The van der Waals surface area contributed by atoms with Crippen LogP contribution in [-0.4, -0.2) is 36.7 Å². The van der Waals surface area contributed by atoms with Gasteiger partial charge in [0.2, 0.25) is 10.0 Å². The second-order valence-corrected chi connectivity index (χ2v) is 8.57. The van der Waals surface area contributed by atoms with Gasteiger partial charge in [-0.25, -0.2) is 13.4 Å². The molecule has 1 N–H and O–H groups in total. The lowest BCUT2D eigenvalue weighted by Crippen LogP contribution is -2.35. The number of hydrogen-bond acceptors (Lipinski definition) is 5. The topological polar surface area (TPSA) is 79.4 Å². The molecule has 1 aliphatic rings. The maximum atomic E-state index is 12.8. The third kappa shape index (κ3) is 3.50. The first kappa shape index (κ1) is 17.1. The van der Waals surface area contributed by atoms with Crippen molar-refractivity contribution in [3.8, 4) is 0 Å². The van der Waals surface area contributed by atoms with Gasteiger partial charge in [0, 0.05) is 30.2 Å². The number of anilines is 1. The molecule has 1 aliphatic heterocycles. The molecule has 0 unspecified atom stereocenters. The number of thiazole rings is 1. The van der Waals surface area contributed by atoms with Gasteiger partial charge >= 0.3 is 0 Å². The quantitative estimate of drug-likeness (QED) is 0.903. The van der Waals surface area contributed by atoms with Gasteiger partial charge in [-0.3, -0.25) is 10.1 Å². The van der Waals surface area contributed by atoms with Crippen LogP contribution in [0.2, 0.25) is 0 Å². The predicted molar refractivity (Wildman–Crippen MR) is 93.9 cm³/mol. The molecule has 24 heavy (non-hydrogen) atoms. The molecule has 1 amide bonds. The standard InChI is InChI=1S/C16H19N3O3S2/c1-12-5-6-13(24(21,22)19-8-3-2-4-9-19)11-14(12)15(20)18-16-17-7-10-23-16/h5-7,10-11H,2-4,8-9H2,1H3,(H,17,18,20). The van der Waals surface area contributed by atoms with Crippen molar-refractivity contribution in [2.75, 3.05) is 18.4 Å². The van der Waals surface area contributed by atoms with Crippen molar-refractivity contribution in [3.63, 3.8) is 0 Å². The molecule has 0 spiro atoms. The molecule has 1 fully saturated rings. The lowest BCUT2D eigenvalue weighted by Gasteiger charge is -2.26. The van der Waals surface area contributed by atoms with Crippen molar-refractivity contribution < 1.29 is 13.2 Å². The van der Waals surface area contributed by atoms with E-state index < -0.39 is 10.0 Å². The smallest absolute Gasteiger partial charge is 0.257 e. The van der Waals surface area contributed by atoms with E-state index in [1.54, 1.807) is 30.6 Å². The first-order chi connectivity index (χ1) is 11.5. The fourth-order valence-electron chi connectivity index (χ4n) is 2.71. The third-order valence-electron chi connectivity index (χ3n) is 4.06. The number of carbonyl (C=O) groups is 1. The molecule has 1 aromatic carbocycles. The second kappa shape index (κ2) is 7.00. The number of aromatic nitrogens is 1. The van der Waals surface area contributed by atoms with Crippen molar-refractivity contribution in [3.05, 3.63) is 40.9 Å². The number of carbonyl (C=O) groups excluding carboxylic acids is 1. The third-order valence-corrected chi connectivity index (χ3v) is 6.64.